The minimum Gasteiger partial charge on any atom is -0.321 e. The molecule has 0 saturated heterocycles. The molecule has 0 radical (unpaired) electrons. The SMILES string of the molecule is Cc1ccc2c(c1)[nH]c(=O)c1cc(C)ccc12. The second-order valence-electron chi connectivity index (χ2n) is 4.55. The minimum absolute atomic E-state index is 0.0122. The Hall–Kier alpha value is -2.09. The summed E-state index contributed by atoms with van der Waals surface area (Å²) in [4.78, 5) is 14.9. The lowest BCUT2D eigenvalue weighted by molar-refractivity contribution is 1.33. The van der Waals surface area contributed by atoms with Crippen molar-refractivity contribution in [1.82, 2.24) is 4.98 Å². The first-order valence-electron chi connectivity index (χ1n) is 5.68. The molecule has 0 atom stereocenters. The Labute approximate surface area is 98.9 Å². The van der Waals surface area contributed by atoms with Gasteiger partial charge in [-0.15, -0.1) is 0 Å². The van der Waals surface area contributed by atoms with E-state index in [2.05, 4.69) is 17.1 Å². The van der Waals surface area contributed by atoms with E-state index in [9.17, 15) is 4.79 Å². The highest BCUT2D eigenvalue weighted by Gasteiger charge is 2.04. The van der Waals surface area contributed by atoms with Gasteiger partial charge in [0.1, 0.15) is 0 Å². The Morgan fingerprint density at radius 3 is 2.24 bits per heavy atom. The number of rotatable bonds is 0. The Morgan fingerprint density at radius 1 is 0.824 bits per heavy atom. The molecule has 17 heavy (non-hydrogen) atoms. The number of hydrogen-bond donors (Lipinski definition) is 1. The van der Waals surface area contributed by atoms with Crippen LogP contribution >= 0.6 is 0 Å². The summed E-state index contributed by atoms with van der Waals surface area (Å²) < 4.78 is 0. The largest absolute Gasteiger partial charge is 0.321 e. The lowest BCUT2D eigenvalue weighted by Gasteiger charge is -2.05. The molecule has 2 nitrogen and oxygen atoms in total. The van der Waals surface area contributed by atoms with Gasteiger partial charge in [-0.25, -0.2) is 0 Å². The topological polar surface area (TPSA) is 32.9 Å². The summed E-state index contributed by atoms with van der Waals surface area (Å²) in [6.07, 6.45) is 0. The second-order valence-corrected chi connectivity index (χ2v) is 4.55. The molecule has 0 fully saturated rings. The molecule has 0 bridgehead atoms. The normalized spacial score (nSPS) is 11.2. The number of aromatic nitrogens is 1. The first-order chi connectivity index (χ1) is 8.15. The van der Waals surface area contributed by atoms with Gasteiger partial charge in [0.05, 0.1) is 0 Å². The fourth-order valence-corrected chi connectivity index (χ4v) is 2.27. The predicted octanol–water partition coefficient (Wildman–Crippen LogP) is 3.30. The van der Waals surface area contributed by atoms with Gasteiger partial charge in [0.25, 0.3) is 5.56 Å². The third kappa shape index (κ3) is 1.53. The van der Waals surface area contributed by atoms with Gasteiger partial charge in [0.2, 0.25) is 0 Å². The average Bonchev–Trinajstić information content (AvgIpc) is 2.29. The van der Waals surface area contributed by atoms with Gasteiger partial charge in [-0.3, -0.25) is 4.79 Å². The maximum atomic E-state index is 12.0. The van der Waals surface area contributed by atoms with E-state index in [4.69, 9.17) is 0 Å². The summed E-state index contributed by atoms with van der Waals surface area (Å²) >= 11 is 0. The lowest BCUT2D eigenvalue weighted by Crippen LogP contribution is -2.06. The number of fused-ring (bicyclic) bond motifs is 3. The summed E-state index contributed by atoms with van der Waals surface area (Å²) in [5.74, 6) is 0. The maximum absolute atomic E-state index is 12.0. The van der Waals surface area contributed by atoms with Crippen LogP contribution in [0.3, 0.4) is 0 Å². The predicted molar refractivity (Wildman–Crippen MR) is 71.5 cm³/mol. The molecule has 0 aliphatic heterocycles. The average molecular weight is 223 g/mol. The van der Waals surface area contributed by atoms with Crippen LogP contribution in [0.1, 0.15) is 11.1 Å². The van der Waals surface area contributed by atoms with Crippen molar-refractivity contribution in [2.24, 2.45) is 0 Å². The molecule has 3 aromatic rings. The highest BCUT2D eigenvalue weighted by atomic mass is 16.1. The van der Waals surface area contributed by atoms with Crippen molar-refractivity contribution in [3.63, 3.8) is 0 Å². The number of aromatic amines is 1. The Kier molecular flexibility index (Phi) is 2.05. The monoisotopic (exact) mass is 223 g/mol. The van der Waals surface area contributed by atoms with E-state index < -0.39 is 0 Å². The van der Waals surface area contributed by atoms with Crippen LogP contribution in [-0.2, 0) is 0 Å². The van der Waals surface area contributed by atoms with Crippen molar-refractivity contribution < 1.29 is 0 Å². The van der Waals surface area contributed by atoms with Crippen LogP contribution in [0.15, 0.2) is 41.2 Å². The Balaban J connectivity index is 2.60. The van der Waals surface area contributed by atoms with Crippen molar-refractivity contribution in [2.45, 2.75) is 13.8 Å². The molecule has 1 N–H and O–H groups in total. The fourth-order valence-electron chi connectivity index (χ4n) is 2.27. The quantitative estimate of drug-likeness (QED) is 0.583. The van der Waals surface area contributed by atoms with Gasteiger partial charge in [-0.05, 0) is 36.9 Å². The molecule has 3 rings (SSSR count). The van der Waals surface area contributed by atoms with Crippen LogP contribution in [0, 0.1) is 13.8 Å². The molecule has 0 saturated carbocycles. The molecular formula is C15H13NO. The number of aryl methyl sites for hydroxylation is 2. The zero-order valence-electron chi connectivity index (χ0n) is 9.87. The zero-order valence-corrected chi connectivity index (χ0v) is 9.87. The minimum atomic E-state index is -0.0122. The second kappa shape index (κ2) is 3.45. The fraction of sp³-hybridized carbons (Fsp3) is 0.133. The molecule has 1 heterocycles. The molecule has 0 aliphatic carbocycles. The lowest BCUT2D eigenvalue weighted by atomic mass is 10.0. The summed E-state index contributed by atoms with van der Waals surface area (Å²) in [6.45, 7) is 4.02. The third-order valence-corrected chi connectivity index (χ3v) is 3.13. The van der Waals surface area contributed by atoms with Crippen LogP contribution in [0.25, 0.3) is 21.7 Å². The number of benzene rings is 2. The van der Waals surface area contributed by atoms with E-state index in [0.29, 0.717) is 0 Å². The van der Waals surface area contributed by atoms with E-state index in [-0.39, 0.29) is 5.56 Å². The number of H-pyrrole nitrogens is 1. The maximum Gasteiger partial charge on any atom is 0.256 e. The van der Waals surface area contributed by atoms with E-state index in [0.717, 1.165) is 32.8 Å². The first kappa shape index (κ1) is 10.1. The number of pyridine rings is 1. The van der Waals surface area contributed by atoms with Gasteiger partial charge in [-0.1, -0.05) is 29.8 Å². The molecule has 2 heteroatoms. The van der Waals surface area contributed by atoms with E-state index in [1.165, 1.54) is 0 Å². The zero-order chi connectivity index (χ0) is 12.0. The van der Waals surface area contributed by atoms with E-state index >= 15 is 0 Å². The van der Waals surface area contributed by atoms with Crippen molar-refractivity contribution in [3.8, 4) is 0 Å². The molecule has 0 unspecified atom stereocenters. The highest BCUT2D eigenvalue weighted by Crippen LogP contribution is 2.22. The smallest absolute Gasteiger partial charge is 0.256 e. The molecular weight excluding hydrogens is 210 g/mol. The standard InChI is InChI=1S/C15H13NO/c1-9-3-5-11-12-6-4-10(2)8-14(12)16-15(17)13(11)7-9/h3-8H,1-2H3,(H,16,17). The Bertz CT molecular complexity index is 784. The van der Waals surface area contributed by atoms with Crippen LogP contribution < -0.4 is 5.56 Å². The number of nitrogens with one attached hydrogen (secondary N) is 1. The van der Waals surface area contributed by atoms with Crippen LogP contribution in [0.4, 0.5) is 0 Å². The molecule has 0 amide bonds. The molecule has 2 aromatic carbocycles. The van der Waals surface area contributed by atoms with Crippen molar-refractivity contribution in [1.29, 1.82) is 0 Å². The highest BCUT2D eigenvalue weighted by molar-refractivity contribution is 6.05. The van der Waals surface area contributed by atoms with Crippen molar-refractivity contribution >= 4 is 21.7 Å². The molecule has 0 spiro atoms. The van der Waals surface area contributed by atoms with Gasteiger partial charge in [-0.2, -0.15) is 0 Å². The summed E-state index contributed by atoms with van der Waals surface area (Å²) in [5.41, 5.74) is 3.15. The van der Waals surface area contributed by atoms with Gasteiger partial charge in [0, 0.05) is 16.3 Å². The van der Waals surface area contributed by atoms with Crippen LogP contribution in [0.2, 0.25) is 0 Å². The summed E-state index contributed by atoms with van der Waals surface area (Å²) in [7, 11) is 0. The van der Waals surface area contributed by atoms with Crippen molar-refractivity contribution in [2.75, 3.05) is 0 Å². The molecule has 1 aromatic heterocycles. The summed E-state index contributed by atoms with van der Waals surface area (Å²) in [5, 5.41) is 2.89. The van der Waals surface area contributed by atoms with Gasteiger partial charge >= 0.3 is 0 Å². The van der Waals surface area contributed by atoms with Gasteiger partial charge < -0.3 is 4.98 Å². The van der Waals surface area contributed by atoms with Crippen LogP contribution in [0.5, 0.6) is 0 Å². The van der Waals surface area contributed by atoms with Crippen LogP contribution in [-0.4, -0.2) is 4.98 Å². The Morgan fingerprint density at radius 2 is 1.47 bits per heavy atom. The van der Waals surface area contributed by atoms with E-state index in [1.807, 2.05) is 38.1 Å². The molecule has 84 valence electrons. The van der Waals surface area contributed by atoms with E-state index in [1.54, 1.807) is 0 Å². The first-order valence-corrected chi connectivity index (χ1v) is 5.68. The van der Waals surface area contributed by atoms with Gasteiger partial charge in [0.15, 0.2) is 0 Å². The van der Waals surface area contributed by atoms with Crippen molar-refractivity contribution in [3.05, 3.63) is 57.9 Å². The number of hydrogen-bond acceptors (Lipinski definition) is 1. The summed E-state index contributed by atoms with van der Waals surface area (Å²) in [6, 6.07) is 12.2. The molecule has 0 aliphatic rings. The third-order valence-electron chi connectivity index (χ3n) is 3.13.